The van der Waals surface area contributed by atoms with Gasteiger partial charge in [-0.3, -0.25) is 24.3 Å². The van der Waals surface area contributed by atoms with Gasteiger partial charge in [-0.2, -0.15) is 0 Å². The maximum Gasteiger partial charge on any atom is 0.291 e. The molecule has 2 aromatic heterocycles. The molecule has 12 nitrogen and oxygen atoms in total. The van der Waals surface area contributed by atoms with Crippen LogP contribution in [0.2, 0.25) is 0 Å². The molecule has 0 aliphatic carbocycles. The number of methoxy groups -OCH3 is 2. The van der Waals surface area contributed by atoms with Crippen molar-refractivity contribution in [1.82, 2.24) is 9.88 Å². The number of hydrogen-bond acceptors (Lipinski definition) is 9. The average Bonchev–Trinajstić information content (AvgIpc) is 3.48. The van der Waals surface area contributed by atoms with Crippen LogP contribution in [0.1, 0.15) is 67.3 Å². The summed E-state index contributed by atoms with van der Waals surface area (Å²) in [6, 6.07) is 25.9. The zero-order chi connectivity index (χ0) is 40.2. The lowest BCUT2D eigenvalue weighted by atomic mass is 10.0. The van der Waals surface area contributed by atoms with Gasteiger partial charge in [-0.1, -0.05) is 40.6 Å². The Morgan fingerprint density at radius 3 is 2.30 bits per heavy atom. The molecule has 0 radical (unpaired) electrons. The molecule has 2 N–H and O–H groups in total. The Balaban J connectivity index is 1.06. The molecule has 0 bridgehead atoms. The summed E-state index contributed by atoms with van der Waals surface area (Å²) in [5.74, 6) is -0.804. The number of pyridine rings is 1. The SMILES string of the molecule is COc1cc(NC(=O)c2cc(=O)c3cc(C)ccc3o2)c(C(=O)Nc2ccc(CCN(Cc3cncc(C)c3)Cc3ccc4c(c3)C(C)N=[N+]4C)cc2)cc1OC. The van der Waals surface area contributed by atoms with Crippen molar-refractivity contribution in [2.24, 2.45) is 5.11 Å². The van der Waals surface area contributed by atoms with E-state index in [2.05, 4.69) is 63.7 Å². The van der Waals surface area contributed by atoms with Crippen molar-refractivity contribution >= 4 is 39.8 Å². The van der Waals surface area contributed by atoms with Crippen molar-refractivity contribution in [3.05, 3.63) is 152 Å². The van der Waals surface area contributed by atoms with Gasteiger partial charge in [-0.05, 0) is 91.0 Å². The number of hydrogen-bond donors (Lipinski definition) is 2. The van der Waals surface area contributed by atoms with Crippen molar-refractivity contribution < 1.29 is 28.2 Å². The van der Waals surface area contributed by atoms with Crippen LogP contribution >= 0.6 is 0 Å². The highest BCUT2D eigenvalue weighted by Gasteiger charge is 2.27. The number of nitrogens with one attached hydrogen (secondary N) is 2. The third-order valence-electron chi connectivity index (χ3n) is 10.0. The normalized spacial score (nSPS) is 13.3. The smallest absolute Gasteiger partial charge is 0.291 e. The Morgan fingerprint density at radius 1 is 0.807 bits per heavy atom. The minimum Gasteiger partial charge on any atom is -0.493 e. The van der Waals surface area contributed by atoms with E-state index >= 15 is 0 Å². The summed E-state index contributed by atoms with van der Waals surface area (Å²) in [4.78, 5) is 46.9. The number of aryl methyl sites for hydroxylation is 2. The molecule has 1 aliphatic heterocycles. The lowest BCUT2D eigenvalue weighted by Crippen LogP contribution is -2.25. The van der Waals surface area contributed by atoms with E-state index < -0.39 is 11.8 Å². The van der Waals surface area contributed by atoms with Crippen molar-refractivity contribution in [2.75, 3.05) is 38.4 Å². The topological polar surface area (TPSA) is 138 Å². The molecule has 7 rings (SSSR count). The van der Waals surface area contributed by atoms with Crippen LogP contribution in [0.3, 0.4) is 0 Å². The number of aromatic nitrogens is 1. The lowest BCUT2D eigenvalue weighted by Gasteiger charge is -2.23. The fraction of sp³-hybridized carbons (Fsp3) is 0.244. The third-order valence-corrected chi connectivity index (χ3v) is 10.0. The van der Waals surface area contributed by atoms with Gasteiger partial charge in [0.2, 0.25) is 5.69 Å². The molecule has 3 heterocycles. The molecule has 0 spiro atoms. The molecule has 290 valence electrons. The van der Waals surface area contributed by atoms with E-state index in [1.165, 1.54) is 37.5 Å². The van der Waals surface area contributed by atoms with E-state index in [0.29, 0.717) is 22.6 Å². The lowest BCUT2D eigenvalue weighted by molar-refractivity contribution is -0.477. The highest BCUT2D eigenvalue weighted by molar-refractivity contribution is 6.12. The van der Waals surface area contributed by atoms with E-state index in [-0.39, 0.29) is 34.1 Å². The summed E-state index contributed by atoms with van der Waals surface area (Å²) in [6.45, 7) is 8.35. The predicted molar refractivity (Wildman–Crippen MR) is 219 cm³/mol. The van der Waals surface area contributed by atoms with E-state index in [4.69, 9.17) is 13.9 Å². The molecule has 1 aliphatic rings. The summed E-state index contributed by atoms with van der Waals surface area (Å²) in [5, 5.41) is 10.7. The fourth-order valence-corrected chi connectivity index (χ4v) is 7.13. The molecule has 0 saturated heterocycles. The van der Waals surface area contributed by atoms with E-state index in [0.717, 1.165) is 60.1 Å². The van der Waals surface area contributed by atoms with Crippen molar-refractivity contribution in [3.63, 3.8) is 0 Å². The summed E-state index contributed by atoms with van der Waals surface area (Å²) < 4.78 is 18.7. The maximum absolute atomic E-state index is 13.8. The Hall–Kier alpha value is -6.66. The quantitative estimate of drug-likeness (QED) is 0.112. The van der Waals surface area contributed by atoms with Gasteiger partial charge in [0.1, 0.15) is 11.6 Å². The maximum atomic E-state index is 13.8. The second-order valence-electron chi connectivity index (χ2n) is 14.4. The second-order valence-corrected chi connectivity index (χ2v) is 14.4. The molecule has 4 aromatic carbocycles. The van der Waals surface area contributed by atoms with Gasteiger partial charge < -0.3 is 24.5 Å². The van der Waals surface area contributed by atoms with Gasteiger partial charge >= 0.3 is 0 Å². The first-order valence-corrected chi connectivity index (χ1v) is 18.7. The van der Waals surface area contributed by atoms with E-state index in [1.807, 2.05) is 55.3 Å². The molecule has 1 atom stereocenters. The van der Waals surface area contributed by atoms with Crippen molar-refractivity contribution in [1.29, 1.82) is 0 Å². The zero-order valence-corrected chi connectivity index (χ0v) is 32.9. The van der Waals surface area contributed by atoms with Crippen LogP contribution < -0.4 is 25.5 Å². The van der Waals surface area contributed by atoms with Gasteiger partial charge in [0.05, 0.1) is 36.4 Å². The highest BCUT2D eigenvalue weighted by Crippen LogP contribution is 2.36. The summed E-state index contributed by atoms with van der Waals surface area (Å²) in [5.41, 5.74) is 8.63. The van der Waals surface area contributed by atoms with E-state index in [1.54, 1.807) is 18.2 Å². The van der Waals surface area contributed by atoms with Crippen LogP contribution in [0.25, 0.3) is 11.0 Å². The highest BCUT2D eigenvalue weighted by atomic mass is 16.5. The Morgan fingerprint density at radius 2 is 1.54 bits per heavy atom. The summed E-state index contributed by atoms with van der Waals surface area (Å²) in [7, 11) is 4.90. The number of azo groups is 2. The number of anilines is 2. The monoisotopic (exact) mass is 765 g/mol. The van der Waals surface area contributed by atoms with Crippen LogP contribution in [-0.4, -0.2) is 54.2 Å². The number of rotatable bonds is 13. The summed E-state index contributed by atoms with van der Waals surface area (Å²) >= 11 is 0. The Bertz CT molecular complexity index is 2580. The number of ether oxygens (including phenoxy) is 2. The first kappa shape index (κ1) is 38.6. The molecular formula is C45H45N6O6+. The molecular weight excluding hydrogens is 721 g/mol. The molecule has 6 aromatic rings. The van der Waals surface area contributed by atoms with Gasteiger partial charge in [-0.25, -0.2) is 0 Å². The van der Waals surface area contributed by atoms with Gasteiger partial charge in [-0.15, -0.1) is 0 Å². The predicted octanol–water partition coefficient (Wildman–Crippen LogP) is 8.37. The number of benzene rings is 4. The van der Waals surface area contributed by atoms with Crippen LogP contribution in [0.4, 0.5) is 17.1 Å². The minimum absolute atomic E-state index is 0.117. The Labute approximate surface area is 330 Å². The molecule has 0 saturated carbocycles. The van der Waals surface area contributed by atoms with Gasteiger partial charge in [0.15, 0.2) is 29.7 Å². The second kappa shape index (κ2) is 16.6. The largest absolute Gasteiger partial charge is 0.493 e. The number of fused-ring (bicyclic) bond motifs is 2. The molecule has 57 heavy (non-hydrogen) atoms. The zero-order valence-electron chi connectivity index (χ0n) is 32.9. The average molecular weight is 766 g/mol. The standard InChI is InChI=1S/C45H44N6O6/c1-27-7-14-40-36(18-27)39(52)22-43(57-40)45(54)48-37-21-42(56-6)41(55-5)20-35(37)44(53)47-33-11-8-30(9-12-33)15-16-51(26-32-17-28(2)23-46-24-32)25-31-10-13-38-34(19-31)29(3)49-50(38)4/h7-14,17-24,29H,15-16,25-26H2,1-6H3,(H-,47,48,53,54)/p+1. The van der Waals surface area contributed by atoms with Crippen LogP contribution in [-0.2, 0) is 19.5 Å². The fourth-order valence-electron chi connectivity index (χ4n) is 7.13. The van der Waals surface area contributed by atoms with Crippen LogP contribution in [0.5, 0.6) is 11.5 Å². The third kappa shape index (κ3) is 8.76. The van der Waals surface area contributed by atoms with Crippen molar-refractivity contribution in [2.45, 2.75) is 46.3 Å². The first-order valence-electron chi connectivity index (χ1n) is 18.7. The minimum atomic E-state index is -0.707. The van der Waals surface area contributed by atoms with Gasteiger partial charge in [0, 0.05) is 55.9 Å². The van der Waals surface area contributed by atoms with E-state index in [9.17, 15) is 14.4 Å². The van der Waals surface area contributed by atoms with Crippen LogP contribution in [0, 0.1) is 13.8 Å². The molecule has 2 amide bonds. The van der Waals surface area contributed by atoms with Crippen molar-refractivity contribution in [3.8, 4) is 11.5 Å². The molecule has 1 unspecified atom stereocenters. The van der Waals surface area contributed by atoms with Gasteiger partial charge in [0.25, 0.3) is 11.8 Å². The number of carbonyl (C=O) groups excluding carboxylic acids is 2. The molecule has 0 fully saturated rings. The molecule has 12 heteroatoms. The first-order chi connectivity index (χ1) is 27.5. The Kier molecular flexibility index (Phi) is 11.2. The number of amides is 2. The number of carbonyl (C=O) groups is 2. The van der Waals surface area contributed by atoms with Crippen LogP contribution in [0.15, 0.2) is 112 Å². The number of nitrogens with zero attached hydrogens (tertiary/aromatic N) is 4. The summed E-state index contributed by atoms with van der Waals surface area (Å²) in [6.07, 6.45) is 4.57.